The van der Waals surface area contributed by atoms with Crippen LogP contribution in [-0.2, 0) is 22.3 Å². The Hall–Kier alpha value is -3.48. The molecule has 1 aliphatic heterocycles. The van der Waals surface area contributed by atoms with E-state index in [1.54, 1.807) is 16.0 Å². The number of halogens is 3. The van der Waals surface area contributed by atoms with Crippen molar-refractivity contribution in [2.45, 2.75) is 39.0 Å². The number of anilines is 1. The summed E-state index contributed by atoms with van der Waals surface area (Å²) in [5.74, 6) is 0.161. The molecule has 0 radical (unpaired) electrons. The lowest BCUT2D eigenvalue weighted by molar-refractivity contribution is -0.138. The molecule has 1 unspecified atom stereocenters. The second-order valence-corrected chi connectivity index (χ2v) is 8.48. The maximum atomic E-state index is 12.7. The molecule has 188 valence electrons. The lowest BCUT2D eigenvalue weighted by atomic mass is 10.2. The minimum absolute atomic E-state index is 0.0529. The van der Waals surface area contributed by atoms with E-state index in [0.717, 1.165) is 23.5 Å². The lowest BCUT2D eigenvalue weighted by Gasteiger charge is -2.39. The molecule has 13 heteroatoms. The predicted molar refractivity (Wildman–Crippen MR) is 121 cm³/mol. The second kappa shape index (κ2) is 10.0. The first kappa shape index (κ1) is 24.6. The van der Waals surface area contributed by atoms with Gasteiger partial charge >= 0.3 is 6.18 Å². The van der Waals surface area contributed by atoms with Crippen LogP contribution in [0, 0.1) is 6.92 Å². The standard InChI is InChI=1S/C22H26F3N7O3/c1-14-12-30(17-11-28-29-20(34)19(14)17)6-8-35-7-3-18(33)31-4-5-32(15(2)13-31)21-26-9-16(10-27-21)22(23,24)25/h9-12,15H,3-8,13H2,1-2H3,(H,29,34). The van der Waals surface area contributed by atoms with Crippen LogP contribution in [0.3, 0.4) is 0 Å². The molecular formula is C22H26F3N7O3. The number of piperazine rings is 1. The van der Waals surface area contributed by atoms with E-state index in [1.807, 2.05) is 24.6 Å². The van der Waals surface area contributed by atoms with Gasteiger partial charge in [-0.2, -0.15) is 18.3 Å². The average molecular weight is 493 g/mol. The van der Waals surface area contributed by atoms with Crippen LogP contribution in [0.15, 0.2) is 29.6 Å². The molecule has 0 aliphatic carbocycles. The van der Waals surface area contributed by atoms with E-state index in [4.69, 9.17) is 4.74 Å². The van der Waals surface area contributed by atoms with E-state index in [2.05, 4.69) is 20.2 Å². The quantitative estimate of drug-likeness (QED) is 0.502. The van der Waals surface area contributed by atoms with Gasteiger partial charge in [0.05, 0.1) is 42.3 Å². The predicted octanol–water partition coefficient (Wildman–Crippen LogP) is 1.99. The van der Waals surface area contributed by atoms with Gasteiger partial charge in [0, 0.05) is 50.8 Å². The Labute approximate surface area is 198 Å². The van der Waals surface area contributed by atoms with Crippen LogP contribution >= 0.6 is 0 Å². The van der Waals surface area contributed by atoms with E-state index in [-0.39, 0.29) is 36.5 Å². The van der Waals surface area contributed by atoms with Crippen molar-refractivity contribution in [2.75, 3.05) is 37.7 Å². The summed E-state index contributed by atoms with van der Waals surface area (Å²) < 4.78 is 45.7. The smallest absolute Gasteiger partial charge is 0.379 e. The van der Waals surface area contributed by atoms with Crippen molar-refractivity contribution in [1.82, 2.24) is 29.6 Å². The van der Waals surface area contributed by atoms with Gasteiger partial charge in [-0.1, -0.05) is 0 Å². The molecule has 1 saturated heterocycles. The van der Waals surface area contributed by atoms with Gasteiger partial charge in [0.2, 0.25) is 11.9 Å². The zero-order valence-corrected chi connectivity index (χ0v) is 19.4. The maximum absolute atomic E-state index is 12.7. The first-order valence-electron chi connectivity index (χ1n) is 11.2. The summed E-state index contributed by atoms with van der Waals surface area (Å²) in [5, 5.41) is 6.87. The Morgan fingerprint density at radius 2 is 1.94 bits per heavy atom. The van der Waals surface area contributed by atoms with Crippen molar-refractivity contribution in [3.63, 3.8) is 0 Å². The lowest BCUT2D eigenvalue weighted by Crippen LogP contribution is -2.54. The summed E-state index contributed by atoms with van der Waals surface area (Å²) in [4.78, 5) is 35.8. The van der Waals surface area contributed by atoms with Crippen LogP contribution in [-0.4, -0.2) is 74.4 Å². The molecule has 3 aromatic rings. The number of H-pyrrole nitrogens is 1. The molecule has 3 aromatic heterocycles. The van der Waals surface area contributed by atoms with Crippen LogP contribution in [0.1, 0.15) is 24.5 Å². The Morgan fingerprint density at radius 1 is 1.20 bits per heavy atom. The summed E-state index contributed by atoms with van der Waals surface area (Å²) in [7, 11) is 0. The van der Waals surface area contributed by atoms with Gasteiger partial charge in [-0.05, 0) is 19.4 Å². The number of hydrogen-bond donors (Lipinski definition) is 1. The molecule has 35 heavy (non-hydrogen) atoms. The second-order valence-electron chi connectivity index (χ2n) is 8.48. The molecule has 1 aliphatic rings. The molecule has 1 fully saturated rings. The summed E-state index contributed by atoms with van der Waals surface area (Å²) in [6.07, 6.45) is 0.756. The molecule has 4 rings (SSSR count). The van der Waals surface area contributed by atoms with Crippen molar-refractivity contribution >= 4 is 22.8 Å². The fraction of sp³-hybridized carbons (Fsp3) is 0.500. The Morgan fingerprint density at radius 3 is 2.63 bits per heavy atom. The number of alkyl halides is 3. The number of carbonyl (C=O) groups excluding carboxylic acids is 1. The Balaban J connectivity index is 1.22. The average Bonchev–Trinajstić information content (AvgIpc) is 3.14. The molecule has 4 heterocycles. The third-order valence-corrected chi connectivity index (χ3v) is 6.03. The molecule has 0 spiro atoms. The normalized spacial score (nSPS) is 16.8. The van der Waals surface area contributed by atoms with Crippen molar-refractivity contribution in [1.29, 1.82) is 0 Å². The van der Waals surface area contributed by atoms with Gasteiger partial charge in [0.25, 0.3) is 5.56 Å². The largest absolute Gasteiger partial charge is 0.419 e. The van der Waals surface area contributed by atoms with Crippen LogP contribution in [0.25, 0.3) is 10.9 Å². The number of nitrogens with zero attached hydrogens (tertiary/aromatic N) is 6. The fourth-order valence-electron chi connectivity index (χ4n) is 4.22. The van der Waals surface area contributed by atoms with Gasteiger partial charge in [0.1, 0.15) is 0 Å². The van der Waals surface area contributed by atoms with Crippen LogP contribution in [0.2, 0.25) is 0 Å². The van der Waals surface area contributed by atoms with E-state index in [0.29, 0.717) is 38.2 Å². The number of hydrogen-bond acceptors (Lipinski definition) is 7. The summed E-state index contributed by atoms with van der Waals surface area (Å²) in [5.41, 5.74) is 0.459. The monoisotopic (exact) mass is 493 g/mol. The van der Waals surface area contributed by atoms with Crippen LogP contribution in [0.5, 0.6) is 0 Å². The van der Waals surface area contributed by atoms with E-state index < -0.39 is 11.7 Å². The molecule has 10 nitrogen and oxygen atoms in total. The highest BCUT2D eigenvalue weighted by Crippen LogP contribution is 2.28. The number of fused-ring (bicyclic) bond motifs is 1. The topological polar surface area (TPSA) is 109 Å². The summed E-state index contributed by atoms with van der Waals surface area (Å²) >= 11 is 0. The Kier molecular flexibility index (Phi) is 7.05. The number of rotatable bonds is 7. The van der Waals surface area contributed by atoms with Gasteiger partial charge in [-0.15, -0.1) is 0 Å². The van der Waals surface area contributed by atoms with Crippen molar-refractivity contribution in [3.8, 4) is 0 Å². The number of amides is 1. The molecule has 1 amide bonds. The van der Waals surface area contributed by atoms with Crippen molar-refractivity contribution in [3.05, 3.63) is 46.3 Å². The number of aromatic amines is 1. The number of ether oxygens (including phenoxy) is 1. The third kappa shape index (κ3) is 5.45. The highest BCUT2D eigenvalue weighted by atomic mass is 19.4. The Bertz CT molecular complexity index is 1240. The first-order valence-corrected chi connectivity index (χ1v) is 11.2. The highest BCUT2D eigenvalue weighted by molar-refractivity contribution is 5.81. The highest BCUT2D eigenvalue weighted by Gasteiger charge is 2.33. The van der Waals surface area contributed by atoms with Gasteiger partial charge in [-0.3, -0.25) is 9.59 Å². The SMILES string of the molecule is Cc1cn(CCOCCC(=O)N2CCN(c3ncc(C(F)(F)F)cn3)C(C)C2)c2cn[nH]c(=O)c12. The molecular weight excluding hydrogens is 467 g/mol. The third-order valence-electron chi connectivity index (χ3n) is 6.03. The zero-order chi connectivity index (χ0) is 25.2. The van der Waals surface area contributed by atoms with E-state index >= 15 is 0 Å². The summed E-state index contributed by atoms with van der Waals surface area (Å²) in [6, 6.07) is -0.146. The molecule has 1 atom stereocenters. The van der Waals surface area contributed by atoms with E-state index in [1.165, 1.54) is 0 Å². The van der Waals surface area contributed by atoms with Crippen molar-refractivity contribution < 1.29 is 22.7 Å². The van der Waals surface area contributed by atoms with Gasteiger partial charge < -0.3 is 19.1 Å². The van der Waals surface area contributed by atoms with E-state index in [9.17, 15) is 22.8 Å². The number of aryl methyl sites for hydroxylation is 1. The molecule has 1 N–H and O–H groups in total. The van der Waals surface area contributed by atoms with Gasteiger partial charge in [-0.25, -0.2) is 15.1 Å². The minimum Gasteiger partial charge on any atom is -0.379 e. The molecule has 0 saturated carbocycles. The van der Waals surface area contributed by atoms with Gasteiger partial charge in [0.15, 0.2) is 0 Å². The zero-order valence-electron chi connectivity index (χ0n) is 19.4. The number of aromatic nitrogens is 5. The van der Waals surface area contributed by atoms with Crippen molar-refractivity contribution in [2.24, 2.45) is 0 Å². The fourth-order valence-corrected chi connectivity index (χ4v) is 4.22. The molecule has 0 bridgehead atoms. The summed E-state index contributed by atoms with van der Waals surface area (Å²) in [6.45, 7) is 6.14. The maximum Gasteiger partial charge on any atom is 0.419 e. The minimum atomic E-state index is -4.48. The number of carbonyl (C=O) groups is 1. The molecule has 0 aromatic carbocycles. The first-order chi connectivity index (χ1) is 16.6. The number of nitrogens with one attached hydrogen (secondary N) is 1. The van der Waals surface area contributed by atoms with Crippen LogP contribution in [0.4, 0.5) is 19.1 Å². The van der Waals surface area contributed by atoms with Crippen LogP contribution < -0.4 is 10.5 Å².